The summed E-state index contributed by atoms with van der Waals surface area (Å²) in [5.41, 5.74) is 9.29. The molecule has 104 valence electrons. The van der Waals surface area contributed by atoms with E-state index in [1.54, 1.807) is 17.9 Å². The third-order valence-electron chi connectivity index (χ3n) is 3.17. The van der Waals surface area contributed by atoms with Gasteiger partial charge in [0.05, 0.1) is 18.5 Å². The molecule has 0 saturated carbocycles. The van der Waals surface area contributed by atoms with Crippen LogP contribution in [0.4, 0.5) is 5.95 Å². The minimum absolute atomic E-state index is 0.392. The fourth-order valence-corrected chi connectivity index (χ4v) is 2.27. The maximum absolute atomic E-state index is 6.04. The van der Waals surface area contributed by atoms with Crippen molar-refractivity contribution < 1.29 is 4.74 Å². The van der Waals surface area contributed by atoms with Crippen molar-refractivity contribution in [3.63, 3.8) is 0 Å². The number of aryl methyl sites for hydroxylation is 2. The Labute approximate surface area is 116 Å². The van der Waals surface area contributed by atoms with Gasteiger partial charge in [-0.05, 0) is 12.5 Å². The van der Waals surface area contributed by atoms with Crippen LogP contribution >= 0.6 is 0 Å². The molecule has 0 amide bonds. The van der Waals surface area contributed by atoms with Crippen molar-refractivity contribution in [3.8, 4) is 11.6 Å². The summed E-state index contributed by atoms with van der Waals surface area (Å²) in [5.74, 6) is 0.920. The van der Waals surface area contributed by atoms with Crippen LogP contribution in [-0.2, 0) is 13.5 Å². The molecule has 0 spiro atoms. The highest BCUT2D eigenvalue weighted by molar-refractivity contribution is 5.77. The molecule has 3 aromatic rings. The van der Waals surface area contributed by atoms with Gasteiger partial charge < -0.3 is 10.5 Å². The molecule has 20 heavy (non-hydrogen) atoms. The summed E-state index contributed by atoms with van der Waals surface area (Å²) in [6, 6.07) is 3.61. The van der Waals surface area contributed by atoms with E-state index in [1.807, 2.05) is 23.9 Å². The molecule has 0 saturated heterocycles. The Morgan fingerprint density at radius 2 is 2.10 bits per heavy atom. The lowest BCUT2D eigenvalue weighted by Crippen LogP contribution is -2.03. The standard InChI is InChI=1S/C13H16N6O/c1-4-8-10(7-18(2)17-8)19-12-9(15-13(19)14)5-6-11(16-12)20-3/h5-7H,4H2,1-3H3,(H2,14,15). The van der Waals surface area contributed by atoms with Crippen molar-refractivity contribution in [3.05, 3.63) is 24.0 Å². The molecular formula is C13H16N6O. The van der Waals surface area contributed by atoms with E-state index in [0.29, 0.717) is 17.5 Å². The molecule has 0 aliphatic heterocycles. The highest BCUT2D eigenvalue weighted by Crippen LogP contribution is 2.25. The van der Waals surface area contributed by atoms with Crippen molar-refractivity contribution in [2.75, 3.05) is 12.8 Å². The van der Waals surface area contributed by atoms with Crippen LogP contribution < -0.4 is 10.5 Å². The highest BCUT2D eigenvalue weighted by Gasteiger charge is 2.17. The fraction of sp³-hybridized carbons (Fsp3) is 0.308. The average molecular weight is 272 g/mol. The molecule has 0 bridgehead atoms. The van der Waals surface area contributed by atoms with Crippen LogP contribution in [0.2, 0.25) is 0 Å². The number of rotatable bonds is 3. The summed E-state index contributed by atoms with van der Waals surface area (Å²) in [4.78, 5) is 8.77. The molecule has 0 aliphatic carbocycles. The second-order valence-corrected chi connectivity index (χ2v) is 4.49. The number of nitrogen functional groups attached to an aromatic ring is 1. The number of hydrogen-bond donors (Lipinski definition) is 1. The van der Waals surface area contributed by atoms with Crippen LogP contribution in [0.1, 0.15) is 12.6 Å². The normalized spacial score (nSPS) is 11.2. The van der Waals surface area contributed by atoms with Gasteiger partial charge in [0.15, 0.2) is 5.65 Å². The van der Waals surface area contributed by atoms with Crippen LogP contribution in [0, 0.1) is 0 Å². The molecule has 3 rings (SSSR count). The third kappa shape index (κ3) is 1.78. The summed E-state index contributed by atoms with van der Waals surface area (Å²) >= 11 is 0. The first-order valence-corrected chi connectivity index (χ1v) is 6.36. The van der Waals surface area contributed by atoms with Crippen molar-refractivity contribution in [2.45, 2.75) is 13.3 Å². The van der Waals surface area contributed by atoms with E-state index in [0.717, 1.165) is 23.3 Å². The molecule has 3 aromatic heterocycles. The zero-order valence-electron chi connectivity index (χ0n) is 11.7. The van der Waals surface area contributed by atoms with Crippen LogP contribution in [0.15, 0.2) is 18.3 Å². The lowest BCUT2D eigenvalue weighted by atomic mass is 10.3. The first-order chi connectivity index (χ1) is 9.63. The van der Waals surface area contributed by atoms with Crippen molar-refractivity contribution in [2.24, 2.45) is 7.05 Å². The summed E-state index contributed by atoms with van der Waals surface area (Å²) in [6.07, 6.45) is 2.72. The molecule has 0 aromatic carbocycles. The van der Waals surface area contributed by atoms with E-state index in [-0.39, 0.29) is 0 Å². The quantitative estimate of drug-likeness (QED) is 0.777. The number of nitrogens with zero attached hydrogens (tertiary/aromatic N) is 5. The van der Waals surface area contributed by atoms with Gasteiger partial charge in [0, 0.05) is 19.3 Å². The van der Waals surface area contributed by atoms with E-state index in [4.69, 9.17) is 10.5 Å². The Morgan fingerprint density at radius 1 is 1.30 bits per heavy atom. The Balaban J connectivity index is 2.31. The van der Waals surface area contributed by atoms with E-state index >= 15 is 0 Å². The van der Waals surface area contributed by atoms with Crippen molar-refractivity contribution in [1.29, 1.82) is 0 Å². The Kier molecular flexibility index (Phi) is 2.81. The Bertz CT molecular complexity index is 773. The minimum Gasteiger partial charge on any atom is -0.481 e. The zero-order chi connectivity index (χ0) is 14.3. The van der Waals surface area contributed by atoms with Gasteiger partial charge in [-0.3, -0.25) is 9.25 Å². The summed E-state index contributed by atoms with van der Waals surface area (Å²) in [6.45, 7) is 2.05. The van der Waals surface area contributed by atoms with Gasteiger partial charge in [0.25, 0.3) is 0 Å². The lowest BCUT2D eigenvalue weighted by Gasteiger charge is -2.05. The number of methoxy groups -OCH3 is 1. The smallest absolute Gasteiger partial charge is 0.215 e. The largest absolute Gasteiger partial charge is 0.481 e. The SMILES string of the molecule is CCc1nn(C)cc1-n1c(N)nc2ccc(OC)nc21. The highest BCUT2D eigenvalue weighted by atomic mass is 16.5. The second kappa shape index (κ2) is 4.52. The van der Waals surface area contributed by atoms with Gasteiger partial charge in [-0.1, -0.05) is 6.92 Å². The molecular weight excluding hydrogens is 256 g/mol. The van der Waals surface area contributed by atoms with Crippen molar-refractivity contribution in [1.82, 2.24) is 24.3 Å². The monoisotopic (exact) mass is 272 g/mol. The predicted molar refractivity (Wildman–Crippen MR) is 76.0 cm³/mol. The first-order valence-electron chi connectivity index (χ1n) is 6.36. The second-order valence-electron chi connectivity index (χ2n) is 4.49. The molecule has 0 radical (unpaired) electrons. The third-order valence-corrected chi connectivity index (χ3v) is 3.17. The van der Waals surface area contributed by atoms with E-state index < -0.39 is 0 Å². The van der Waals surface area contributed by atoms with Gasteiger partial charge in [-0.25, -0.2) is 4.98 Å². The molecule has 3 heterocycles. The molecule has 7 nitrogen and oxygen atoms in total. The number of imidazole rings is 1. The van der Waals surface area contributed by atoms with E-state index in [1.165, 1.54) is 0 Å². The number of nitrogens with two attached hydrogens (primary N) is 1. The number of aromatic nitrogens is 5. The Hall–Kier alpha value is -2.57. The predicted octanol–water partition coefficient (Wildman–Crippen LogP) is 1.31. The number of fused-ring (bicyclic) bond motifs is 1. The molecule has 2 N–H and O–H groups in total. The van der Waals surface area contributed by atoms with Crippen LogP contribution in [0.25, 0.3) is 16.9 Å². The van der Waals surface area contributed by atoms with Gasteiger partial charge in [0.1, 0.15) is 5.52 Å². The van der Waals surface area contributed by atoms with E-state index in [9.17, 15) is 0 Å². The maximum atomic E-state index is 6.04. The summed E-state index contributed by atoms with van der Waals surface area (Å²) in [7, 11) is 3.46. The fourth-order valence-electron chi connectivity index (χ4n) is 2.27. The maximum Gasteiger partial charge on any atom is 0.215 e. The summed E-state index contributed by atoms with van der Waals surface area (Å²) < 4.78 is 8.74. The lowest BCUT2D eigenvalue weighted by molar-refractivity contribution is 0.399. The number of pyridine rings is 1. The van der Waals surface area contributed by atoms with Gasteiger partial charge >= 0.3 is 0 Å². The molecule has 7 heteroatoms. The van der Waals surface area contributed by atoms with Crippen LogP contribution in [0.5, 0.6) is 5.88 Å². The first kappa shape index (κ1) is 12.5. The van der Waals surface area contributed by atoms with Crippen LogP contribution in [0.3, 0.4) is 0 Å². The number of anilines is 1. The topological polar surface area (TPSA) is 83.8 Å². The Morgan fingerprint density at radius 3 is 2.80 bits per heavy atom. The van der Waals surface area contributed by atoms with Crippen molar-refractivity contribution >= 4 is 17.1 Å². The molecule has 0 unspecified atom stereocenters. The zero-order valence-corrected chi connectivity index (χ0v) is 11.7. The molecule has 0 aliphatic rings. The molecule has 0 fully saturated rings. The number of ether oxygens (including phenoxy) is 1. The van der Waals surface area contributed by atoms with E-state index in [2.05, 4.69) is 22.0 Å². The van der Waals surface area contributed by atoms with Gasteiger partial charge in [-0.15, -0.1) is 0 Å². The molecule has 0 atom stereocenters. The number of hydrogen-bond acceptors (Lipinski definition) is 5. The summed E-state index contributed by atoms with van der Waals surface area (Å²) in [5, 5.41) is 4.43. The van der Waals surface area contributed by atoms with Gasteiger partial charge in [-0.2, -0.15) is 10.1 Å². The van der Waals surface area contributed by atoms with Gasteiger partial charge in [0.2, 0.25) is 11.8 Å². The van der Waals surface area contributed by atoms with Crippen LogP contribution in [-0.4, -0.2) is 31.4 Å². The average Bonchev–Trinajstić information content (AvgIpc) is 2.96. The minimum atomic E-state index is 0.392.